The number of benzene rings is 9. The summed E-state index contributed by atoms with van der Waals surface area (Å²) in [7, 11) is 0. The minimum absolute atomic E-state index is 0.0305. The summed E-state index contributed by atoms with van der Waals surface area (Å²) in [4.78, 5) is 15.2. The maximum absolute atomic E-state index is 10.6. The van der Waals surface area contributed by atoms with Gasteiger partial charge in [0.05, 0.1) is 23.3 Å². The van der Waals surface area contributed by atoms with Crippen LogP contribution >= 0.6 is 0 Å². The SMILES string of the molecule is N#Cc1ccc(-c2ccc(-c3nc(C4=CC(c5ccccc5-c5ccc(C#N)c(-c6ccccc6-c6cc7c8c(cccc8c6)-c6ccccc6-7)c5)CC=C4)nc(-c4ccccc4)n3)cc2)cc1. The average Bonchev–Trinajstić information content (AvgIpc) is 3.75. The second kappa shape index (κ2) is 16.9. The minimum atomic E-state index is 0.0305. The normalized spacial score (nSPS) is 13.4. The van der Waals surface area contributed by atoms with E-state index in [0.29, 0.717) is 28.6 Å². The highest BCUT2D eigenvalue weighted by atomic mass is 15.0. The molecule has 1 heterocycles. The van der Waals surface area contributed by atoms with Crippen LogP contribution in [0.5, 0.6) is 0 Å². The van der Waals surface area contributed by atoms with Gasteiger partial charge in [0.1, 0.15) is 0 Å². The summed E-state index contributed by atoms with van der Waals surface area (Å²) in [5.41, 5.74) is 18.5. The molecule has 0 N–H and O–H groups in total. The molecule has 0 spiro atoms. The number of hydrogen-bond donors (Lipinski definition) is 0. The zero-order valence-electron chi connectivity index (χ0n) is 36.8. The van der Waals surface area contributed by atoms with Gasteiger partial charge >= 0.3 is 0 Å². The van der Waals surface area contributed by atoms with Gasteiger partial charge in [-0.15, -0.1) is 0 Å². The molecule has 0 aliphatic heterocycles. The molecule has 12 rings (SSSR count). The molecule has 0 bridgehead atoms. The lowest BCUT2D eigenvalue weighted by Crippen LogP contribution is -2.06. The molecule has 0 fully saturated rings. The van der Waals surface area contributed by atoms with Crippen LogP contribution in [0.15, 0.2) is 218 Å². The molecular formula is C63H39N5. The molecule has 0 saturated heterocycles. The summed E-state index contributed by atoms with van der Waals surface area (Å²) in [6.07, 6.45) is 7.43. The number of rotatable bonds is 8. The summed E-state index contributed by atoms with van der Waals surface area (Å²) < 4.78 is 0. The lowest BCUT2D eigenvalue weighted by Gasteiger charge is -2.21. The van der Waals surface area contributed by atoms with E-state index in [0.717, 1.165) is 67.6 Å². The highest BCUT2D eigenvalue weighted by Gasteiger charge is 2.24. The van der Waals surface area contributed by atoms with Crippen molar-refractivity contribution in [1.29, 1.82) is 10.5 Å². The van der Waals surface area contributed by atoms with Crippen LogP contribution < -0.4 is 0 Å². The van der Waals surface area contributed by atoms with E-state index >= 15 is 0 Å². The Morgan fingerprint density at radius 1 is 0.397 bits per heavy atom. The minimum Gasteiger partial charge on any atom is -0.208 e. The quantitative estimate of drug-likeness (QED) is 0.152. The topological polar surface area (TPSA) is 86.2 Å². The van der Waals surface area contributed by atoms with Gasteiger partial charge in [-0.2, -0.15) is 10.5 Å². The van der Waals surface area contributed by atoms with Crippen LogP contribution in [0.1, 0.15) is 34.9 Å². The van der Waals surface area contributed by atoms with Crippen molar-refractivity contribution in [3.05, 3.63) is 241 Å². The van der Waals surface area contributed by atoms with Crippen LogP contribution in [-0.4, -0.2) is 15.0 Å². The van der Waals surface area contributed by atoms with Crippen LogP contribution in [0.2, 0.25) is 0 Å². The fourth-order valence-electron chi connectivity index (χ4n) is 10.0. The van der Waals surface area contributed by atoms with Crippen molar-refractivity contribution in [3.8, 4) is 102 Å². The zero-order valence-corrected chi connectivity index (χ0v) is 36.8. The van der Waals surface area contributed by atoms with Crippen LogP contribution in [0.4, 0.5) is 0 Å². The smallest absolute Gasteiger partial charge is 0.164 e. The van der Waals surface area contributed by atoms with Crippen molar-refractivity contribution < 1.29 is 0 Å². The number of allylic oxidation sites excluding steroid dienone is 4. The molecular weight excluding hydrogens is 827 g/mol. The monoisotopic (exact) mass is 865 g/mol. The van der Waals surface area contributed by atoms with Crippen molar-refractivity contribution in [2.24, 2.45) is 0 Å². The Morgan fingerprint density at radius 3 is 1.68 bits per heavy atom. The van der Waals surface area contributed by atoms with Crippen molar-refractivity contribution in [1.82, 2.24) is 15.0 Å². The van der Waals surface area contributed by atoms with Gasteiger partial charge in [-0.05, 0) is 120 Å². The van der Waals surface area contributed by atoms with E-state index in [2.05, 4.69) is 158 Å². The summed E-state index contributed by atoms with van der Waals surface area (Å²) >= 11 is 0. The molecule has 2 aliphatic carbocycles. The molecule has 68 heavy (non-hydrogen) atoms. The predicted molar refractivity (Wildman–Crippen MR) is 275 cm³/mol. The first kappa shape index (κ1) is 40.2. The first-order valence-corrected chi connectivity index (χ1v) is 22.8. The lowest BCUT2D eigenvalue weighted by atomic mass is 9.83. The van der Waals surface area contributed by atoms with Gasteiger partial charge < -0.3 is 0 Å². The highest BCUT2D eigenvalue weighted by Crippen LogP contribution is 2.49. The zero-order chi connectivity index (χ0) is 45.6. The molecule has 2 aliphatic rings. The van der Waals surface area contributed by atoms with Crippen molar-refractivity contribution >= 4 is 16.3 Å². The van der Waals surface area contributed by atoms with Crippen molar-refractivity contribution in [2.45, 2.75) is 12.3 Å². The largest absolute Gasteiger partial charge is 0.208 e. The Morgan fingerprint density at radius 2 is 0.956 bits per heavy atom. The second-order valence-corrected chi connectivity index (χ2v) is 17.3. The number of fused-ring (bicyclic) bond motifs is 3. The Bertz CT molecular complexity index is 3780. The standard InChI is InChI=1S/C63H39N5/c64-38-40-24-26-41(27-25-40)42-28-30-44(31-29-42)62-66-61(43-12-2-1-3-13-43)67-63(68-62)48-16-10-14-45(34-48)51-17-4-5-18-52(51)46-32-33-49(39-65)58(36-46)54-20-7-6-19-53(54)50-35-47-15-11-23-57-55-21-8-9-22-56(55)59(37-50)60(47)57/h1-13,15-37,45H,14H2. The molecule has 0 saturated carbocycles. The van der Waals surface area contributed by atoms with Gasteiger partial charge in [0.25, 0.3) is 0 Å². The van der Waals surface area contributed by atoms with Gasteiger partial charge in [0.2, 0.25) is 0 Å². The van der Waals surface area contributed by atoms with Gasteiger partial charge in [-0.25, -0.2) is 15.0 Å². The molecule has 5 heteroatoms. The fourth-order valence-corrected chi connectivity index (χ4v) is 10.0. The van der Waals surface area contributed by atoms with Crippen LogP contribution in [-0.2, 0) is 0 Å². The van der Waals surface area contributed by atoms with E-state index in [-0.39, 0.29) is 5.92 Å². The molecule has 0 radical (unpaired) electrons. The van der Waals surface area contributed by atoms with E-state index in [1.54, 1.807) is 0 Å². The Labute approximate surface area is 395 Å². The Balaban J connectivity index is 0.917. The van der Waals surface area contributed by atoms with Crippen molar-refractivity contribution in [2.75, 3.05) is 0 Å². The van der Waals surface area contributed by atoms with Crippen LogP contribution in [0, 0.1) is 22.7 Å². The summed E-state index contributed by atoms with van der Waals surface area (Å²) in [6, 6.07) is 73.8. The average molecular weight is 866 g/mol. The van der Waals surface area contributed by atoms with Gasteiger partial charge in [0, 0.05) is 28.2 Å². The summed E-state index contributed by atoms with van der Waals surface area (Å²) in [5.74, 6) is 1.83. The molecule has 0 amide bonds. The number of aromatic nitrogens is 3. The Kier molecular flexibility index (Phi) is 10.0. The predicted octanol–water partition coefficient (Wildman–Crippen LogP) is 15.5. The highest BCUT2D eigenvalue weighted by molar-refractivity contribution is 6.16. The van der Waals surface area contributed by atoms with Gasteiger partial charge in [-0.1, -0.05) is 182 Å². The maximum Gasteiger partial charge on any atom is 0.164 e. The van der Waals surface area contributed by atoms with Gasteiger partial charge in [-0.3, -0.25) is 0 Å². The van der Waals surface area contributed by atoms with E-state index in [1.807, 2.05) is 72.8 Å². The maximum atomic E-state index is 10.6. The third kappa shape index (κ3) is 7.17. The van der Waals surface area contributed by atoms with Gasteiger partial charge in [0.15, 0.2) is 17.5 Å². The Hall–Kier alpha value is -9.29. The number of hydrogen-bond acceptors (Lipinski definition) is 5. The molecule has 1 atom stereocenters. The molecule has 1 aromatic heterocycles. The molecule has 1 unspecified atom stereocenters. The number of nitriles is 2. The van der Waals surface area contributed by atoms with E-state index in [9.17, 15) is 10.5 Å². The van der Waals surface area contributed by atoms with E-state index in [1.165, 1.54) is 38.6 Å². The second-order valence-electron chi connectivity index (χ2n) is 17.3. The third-order valence-electron chi connectivity index (χ3n) is 13.3. The van der Waals surface area contributed by atoms with Crippen LogP contribution in [0.3, 0.4) is 0 Å². The summed E-state index contributed by atoms with van der Waals surface area (Å²) in [5, 5.41) is 22.4. The van der Waals surface area contributed by atoms with E-state index < -0.39 is 0 Å². The number of nitrogens with zero attached hydrogens (tertiary/aromatic N) is 5. The van der Waals surface area contributed by atoms with E-state index in [4.69, 9.17) is 15.0 Å². The van der Waals surface area contributed by atoms with Crippen LogP contribution in [0.25, 0.3) is 106 Å². The molecule has 5 nitrogen and oxygen atoms in total. The summed E-state index contributed by atoms with van der Waals surface area (Å²) in [6.45, 7) is 0. The third-order valence-corrected chi connectivity index (χ3v) is 13.3. The lowest BCUT2D eigenvalue weighted by molar-refractivity contribution is 0.856. The molecule has 10 aromatic rings. The first-order chi connectivity index (χ1) is 33.6. The molecule has 316 valence electrons. The fraction of sp³-hybridized carbons (Fsp3) is 0.0317. The van der Waals surface area contributed by atoms with Crippen molar-refractivity contribution in [3.63, 3.8) is 0 Å². The molecule has 9 aromatic carbocycles. The first-order valence-electron chi connectivity index (χ1n) is 22.8.